The minimum atomic E-state index is -0.0930. The molecule has 30 heavy (non-hydrogen) atoms. The summed E-state index contributed by atoms with van der Waals surface area (Å²) in [5, 5.41) is 5.40. The van der Waals surface area contributed by atoms with Crippen LogP contribution in [0.15, 0.2) is 40.9 Å². The number of aromatic amines is 1. The predicted molar refractivity (Wildman–Crippen MR) is 119 cm³/mol. The van der Waals surface area contributed by atoms with Crippen molar-refractivity contribution in [3.8, 4) is 11.1 Å². The molecular weight excluding hydrogens is 376 g/mol. The lowest BCUT2D eigenvalue weighted by atomic mass is 9.98. The monoisotopic (exact) mass is 404 g/mol. The Morgan fingerprint density at radius 3 is 2.83 bits per heavy atom. The van der Waals surface area contributed by atoms with Crippen molar-refractivity contribution in [2.45, 2.75) is 39.2 Å². The highest BCUT2D eigenvalue weighted by molar-refractivity contribution is 6.02. The second kappa shape index (κ2) is 8.76. The normalized spacial score (nSPS) is 15.2. The molecule has 1 aliphatic carbocycles. The molecule has 0 bridgehead atoms. The second-order valence-electron chi connectivity index (χ2n) is 7.58. The van der Waals surface area contributed by atoms with Gasteiger partial charge in [-0.15, -0.1) is 0 Å². The van der Waals surface area contributed by atoms with Crippen LogP contribution in [0, 0.1) is 6.92 Å². The SMILES string of the molecule is CCc1oc(C)c(C(=O)NCCc2c[nH]c3c2=CC(OC)CC=3)c1-c1ccccc1. The molecule has 1 unspecified atom stereocenters. The first-order valence-electron chi connectivity index (χ1n) is 10.5. The number of carbonyl (C=O) groups excluding carboxylic acids is 1. The topological polar surface area (TPSA) is 67.3 Å². The zero-order chi connectivity index (χ0) is 21.1. The van der Waals surface area contributed by atoms with Crippen molar-refractivity contribution < 1.29 is 13.9 Å². The summed E-state index contributed by atoms with van der Waals surface area (Å²) in [6, 6.07) is 9.97. The molecule has 5 nitrogen and oxygen atoms in total. The molecule has 5 heteroatoms. The van der Waals surface area contributed by atoms with E-state index < -0.39 is 0 Å². The van der Waals surface area contributed by atoms with E-state index >= 15 is 0 Å². The third kappa shape index (κ3) is 3.85. The Hall–Kier alpha value is -3.05. The Labute approximate surface area is 176 Å². The van der Waals surface area contributed by atoms with Crippen molar-refractivity contribution in [1.29, 1.82) is 0 Å². The van der Waals surface area contributed by atoms with E-state index in [1.54, 1.807) is 7.11 Å². The standard InChI is InChI=1S/C25H28N2O3/c1-4-22-24(17-8-6-5-7-9-17)23(16(2)30-22)25(28)26-13-12-18-15-27-21-11-10-19(29-3)14-20(18)21/h5-9,11,14-15,19,27H,4,10,12-13H2,1-3H3,(H,26,28). The Balaban J connectivity index is 1.53. The molecule has 0 fully saturated rings. The van der Waals surface area contributed by atoms with Crippen LogP contribution in [0.3, 0.4) is 0 Å². The van der Waals surface area contributed by atoms with Gasteiger partial charge in [0.2, 0.25) is 0 Å². The summed E-state index contributed by atoms with van der Waals surface area (Å²) in [5.74, 6) is 1.41. The van der Waals surface area contributed by atoms with E-state index in [9.17, 15) is 4.79 Å². The van der Waals surface area contributed by atoms with Crippen LogP contribution < -0.4 is 15.9 Å². The molecule has 0 spiro atoms. The Bertz CT molecular complexity index is 1160. The zero-order valence-corrected chi connectivity index (χ0v) is 17.7. The fourth-order valence-electron chi connectivity index (χ4n) is 4.15. The van der Waals surface area contributed by atoms with Gasteiger partial charge in [0.25, 0.3) is 5.91 Å². The first-order chi connectivity index (χ1) is 14.6. The molecule has 1 aliphatic rings. The van der Waals surface area contributed by atoms with E-state index in [-0.39, 0.29) is 12.0 Å². The van der Waals surface area contributed by atoms with Gasteiger partial charge in [0, 0.05) is 42.4 Å². The molecule has 1 amide bonds. The molecule has 0 saturated heterocycles. The molecule has 2 aromatic heterocycles. The van der Waals surface area contributed by atoms with Crippen LogP contribution in [0.1, 0.15) is 40.8 Å². The summed E-state index contributed by atoms with van der Waals surface area (Å²) in [6.07, 6.45) is 8.81. The van der Waals surface area contributed by atoms with Crippen LogP contribution in [0.4, 0.5) is 0 Å². The summed E-state index contributed by atoms with van der Waals surface area (Å²) in [6.45, 7) is 4.45. The minimum Gasteiger partial charge on any atom is -0.465 e. The number of amides is 1. The average molecular weight is 405 g/mol. The van der Waals surface area contributed by atoms with Crippen molar-refractivity contribution in [2.75, 3.05) is 13.7 Å². The predicted octanol–water partition coefficient (Wildman–Crippen LogP) is 3.10. The number of methoxy groups -OCH3 is 1. The summed E-state index contributed by atoms with van der Waals surface area (Å²) in [7, 11) is 1.73. The minimum absolute atomic E-state index is 0.0930. The number of benzene rings is 1. The smallest absolute Gasteiger partial charge is 0.255 e. The summed E-state index contributed by atoms with van der Waals surface area (Å²) >= 11 is 0. The number of H-pyrrole nitrogens is 1. The van der Waals surface area contributed by atoms with E-state index in [4.69, 9.17) is 9.15 Å². The zero-order valence-electron chi connectivity index (χ0n) is 17.7. The van der Waals surface area contributed by atoms with Crippen molar-refractivity contribution in [2.24, 2.45) is 0 Å². The Kier molecular flexibility index (Phi) is 5.91. The molecule has 2 N–H and O–H groups in total. The highest BCUT2D eigenvalue weighted by Crippen LogP contribution is 2.32. The summed E-state index contributed by atoms with van der Waals surface area (Å²) in [5.41, 5.74) is 3.73. The van der Waals surface area contributed by atoms with Crippen LogP contribution in [0.2, 0.25) is 0 Å². The number of hydrogen-bond acceptors (Lipinski definition) is 3. The molecule has 156 valence electrons. The van der Waals surface area contributed by atoms with E-state index in [2.05, 4.69) is 22.5 Å². The van der Waals surface area contributed by atoms with Gasteiger partial charge in [0.1, 0.15) is 11.5 Å². The van der Waals surface area contributed by atoms with Gasteiger partial charge in [-0.3, -0.25) is 4.79 Å². The summed E-state index contributed by atoms with van der Waals surface area (Å²) < 4.78 is 11.4. The highest BCUT2D eigenvalue weighted by atomic mass is 16.5. The van der Waals surface area contributed by atoms with Gasteiger partial charge in [-0.25, -0.2) is 0 Å². The number of aromatic nitrogens is 1. The van der Waals surface area contributed by atoms with E-state index in [0.29, 0.717) is 17.9 Å². The molecule has 0 saturated carbocycles. The van der Waals surface area contributed by atoms with Gasteiger partial charge in [-0.1, -0.05) is 43.3 Å². The van der Waals surface area contributed by atoms with Crippen LogP contribution in [0.25, 0.3) is 23.3 Å². The van der Waals surface area contributed by atoms with Crippen molar-refractivity contribution >= 4 is 18.1 Å². The number of carbonyl (C=O) groups is 1. The molecular formula is C25H28N2O3. The van der Waals surface area contributed by atoms with Gasteiger partial charge < -0.3 is 19.5 Å². The lowest BCUT2D eigenvalue weighted by molar-refractivity contribution is 0.0953. The maximum atomic E-state index is 13.1. The van der Waals surface area contributed by atoms with Crippen LogP contribution in [-0.2, 0) is 17.6 Å². The molecule has 3 aromatic rings. The number of fused-ring (bicyclic) bond motifs is 1. The quantitative estimate of drug-likeness (QED) is 0.636. The first kappa shape index (κ1) is 20.2. The number of aryl methyl sites for hydroxylation is 2. The summed E-state index contributed by atoms with van der Waals surface area (Å²) in [4.78, 5) is 16.4. The Morgan fingerprint density at radius 1 is 1.30 bits per heavy atom. The van der Waals surface area contributed by atoms with Gasteiger partial charge in [-0.05, 0) is 37.0 Å². The number of rotatable bonds is 7. The second-order valence-corrected chi connectivity index (χ2v) is 7.58. The third-order valence-corrected chi connectivity index (χ3v) is 5.70. The molecule has 1 atom stereocenters. The molecule has 4 rings (SSSR count). The van der Waals surface area contributed by atoms with E-state index in [1.807, 2.05) is 50.4 Å². The maximum absolute atomic E-state index is 13.1. The molecule has 1 aromatic carbocycles. The first-order valence-corrected chi connectivity index (χ1v) is 10.5. The van der Waals surface area contributed by atoms with Crippen LogP contribution in [-0.4, -0.2) is 30.6 Å². The largest absolute Gasteiger partial charge is 0.465 e. The maximum Gasteiger partial charge on any atom is 0.255 e. The van der Waals surface area contributed by atoms with E-state index in [0.717, 1.165) is 41.5 Å². The molecule has 0 aliphatic heterocycles. The fourth-order valence-corrected chi connectivity index (χ4v) is 4.15. The third-order valence-electron chi connectivity index (χ3n) is 5.70. The number of hydrogen-bond donors (Lipinski definition) is 2. The van der Waals surface area contributed by atoms with Gasteiger partial charge >= 0.3 is 0 Å². The average Bonchev–Trinajstić information content (AvgIpc) is 3.34. The van der Waals surface area contributed by atoms with Crippen molar-refractivity contribution in [1.82, 2.24) is 10.3 Å². The van der Waals surface area contributed by atoms with E-state index in [1.165, 1.54) is 10.8 Å². The number of furan rings is 1. The van der Waals surface area contributed by atoms with Crippen molar-refractivity contribution in [3.63, 3.8) is 0 Å². The lowest BCUT2D eigenvalue weighted by Gasteiger charge is -2.11. The molecule has 2 heterocycles. The number of ether oxygens (including phenoxy) is 1. The van der Waals surface area contributed by atoms with Crippen molar-refractivity contribution in [3.05, 3.63) is 69.7 Å². The highest BCUT2D eigenvalue weighted by Gasteiger charge is 2.23. The van der Waals surface area contributed by atoms with Gasteiger partial charge in [0.05, 0.1) is 11.7 Å². The van der Waals surface area contributed by atoms with Gasteiger partial charge in [-0.2, -0.15) is 0 Å². The fraction of sp³-hybridized carbons (Fsp3) is 0.320. The Morgan fingerprint density at radius 2 is 2.10 bits per heavy atom. The molecule has 0 radical (unpaired) electrons. The van der Waals surface area contributed by atoms with Crippen LogP contribution >= 0.6 is 0 Å². The van der Waals surface area contributed by atoms with Gasteiger partial charge in [0.15, 0.2) is 0 Å². The lowest BCUT2D eigenvalue weighted by Crippen LogP contribution is -2.33. The van der Waals surface area contributed by atoms with Crippen LogP contribution in [0.5, 0.6) is 0 Å². The number of nitrogens with one attached hydrogen (secondary N) is 2.